The summed E-state index contributed by atoms with van der Waals surface area (Å²) in [4.78, 5) is 36.7. The van der Waals surface area contributed by atoms with Crippen molar-refractivity contribution in [1.82, 2.24) is 34.0 Å². The van der Waals surface area contributed by atoms with Crippen molar-refractivity contribution < 1.29 is 9.53 Å². The minimum atomic E-state index is 0.0145. The minimum Gasteiger partial charge on any atom is -0.494 e. The Hall–Kier alpha value is -4.51. The Morgan fingerprint density at radius 3 is 2.56 bits per heavy atom. The number of carbonyl (C=O) groups is 1. The van der Waals surface area contributed by atoms with Crippen molar-refractivity contribution in [3.63, 3.8) is 0 Å². The molecule has 3 atom stereocenters. The zero-order valence-electron chi connectivity index (χ0n) is 25.4. The topological polar surface area (TPSA) is 120 Å². The number of benzene rings is 1. The number of hydrogen-bond donors (Lipinski definition) is 1. The number of piperidine rings is 1. The Kier molecular flexibility index (Phi) is 6.13. The fraction of sp³-hybridized carbons (Fsp3) is 0.441. The number of ether oxygens (including phenoxy) is 1. The summed E-state index contributed by atoms with van der Waals surface area (Å²) in [6.07, 6.45) is 11.7. The van der Waals surface area contributed by atoms with E-state index in [-0.39, 0.29) is 18.0 Å². The number of nitrogens with zero attached hydrogens (tertiary/aromatic N) is 8. The van der Waals surface area contributed by atoms with Crippen molar-refractivity contribution in [2.24, 2.45) is 23.5 Å². The number of pyridine rings is 1. The molecule has 2 saturated carbocycles. The number of fused-ring (bicyclic) bond motifs is 4. The molecule has 11 heteroatoms. The van der Waals surface area contributed by atoms with Gasteiger partial charge >= 0.3 is 0 Å². The van der Waals surface area contributed by atoms with Crippen LogP contribution in [0.5, 0.6) is 5.75 Å². The summed E-state index contributed by atoms with van der Waals surface area (Å²) in [5.41, 5.74) is 11.8. The summed E-state index contributed by atoms with van der Waals surface area (Å²) < 4.78 is 10.7. The lowest BCUT2D eigenvalue weighted by atomic mass is 9.99. The Morgan fingerprint density at radius 2 is 1.82 bits per heavy atom. The molecule has 0 radical (unpaired) electrons. The Bertz CT molecular complexity index is 1920. The van der Waals surface area contributed by atoms with E-state index in [4.69, 9.17) is 20.4 Å². The van der Waals surface area contributed by atoms with Crippen LogP contribution in [0.2, 0.25) is 0 Å². The van der Waals surface area contributed by atoms with Gasteiger partial charge in [-0.05, 0) is 67.9 Å². The van der Waals surface area contributed by atoms with Gasteiger partial charge in [-0.25, -0.2) is 19.9 Å². The molecule has 4 aromatic heterocycles. The van der Waals surface area contributed by atoms with E-state index in [2.05, 4.69) is 36.1 Å². The number of aromatic nitrogens is 6. The summed E-state index contributed by atoms with van der Waals surface area (Å²) in [6.45, 7) is 4.21. The van der Waals surface area contributed by atoms with Crippen LogP contribution in [-0.2, 0) is 13.1 Å². The highest BCUT2D eigenvalue weighted by atomic mass is 16.5. The van der Waals surface area contributed by atoms with Crippen molar-refractivity contribution in [1.29, 1.82) is 0 Å². The SMILES string of the molecule is COc1cc(C(=O)N2CC3CCC2[C@@H]3N)cc2nc(-c3cc4cccnc4n3CC3CC3)n(CC3CN(c4cncnc4)C3)c12. The van der Waals surface area contributed by atoms with Crippen molar-refractivity contribution in [3.8, 4) is 17.3 Å². The van der Waals surface area contributed by atoms with E-state index in [9.17, 15) is 4.79 Å². The molecule has 2 N–H and O–H groups in total. The molecule has 1 aromatic carbocycles. The number of imidazole rings is 1. The van der Waals surface area contributed by atoms with Crippen LogP contribution in [0.4, 0.5) is 5.69 Å². The van der Waals surface area contributed by atoms with Gasteiger partial charge in [-0.2, -0.15) is 0 Å². The van der Waals surface area contributed by atoms with Gasteiger partial charge in [0.15, 0.2) is 5.82 Å². The van der Waals surface area contributed by atoms with Crippen LogP contribution >= 0.6 is 0 Å². The molecule has 2 aliphatic heterocycles. The standard InChI is InChI=1S/C34H37N9O2/c1-45-29-11-24(34(44)42-18-23-6-7-27(42)30(23)35)9-26-31(29)43(17-21-14-40(15-21)25-12-36-19-37-13-25)33(39-26)28-10-22-3-2-8-38-32(22)41(28)16-20-4-5-20/h2-3,8-13,19-21,23,27,30H,4-7,14-18,35H2,1H3/t23?,27?,30-/m1/s1. The van der Waals surface area contributed by atoms with Crippen molar-refractivity contribution in [2.75, 3.05) is 31.6 Å². The van der Waals surface area contributed by atoms with E-state index >= 15 is 0 Å². The summed E-state index contributed by atoms with van der Waals surface area (Å²) in [5, 5.41) is 1.11. The number of carbonyl (C=O) groups excluding carboxylic acids is 1. The van der Waals surface area contributed by atoms with Crippen LogP contribution in [0.25, 0.3) is 33.6 Å². The van der Waals surface area contributed by atoms with Gasteiger partial charge in [-0.3, -0.25) is 4.79 Å². The van der Waals surface area contributed by atoms with Crippen LogP contribution in [0, 0.1) is 17.8 Å². The highest BCUT2D eigenvalue weighted by molar-refractivity contribution is 6.00. The highest BCUT2D eigenvalue weighted by Crippen LogP contribution is 2.41. The first kappa shape index (κ1) is 26.9. The summed E-state index contributed by atoms with van der Waals surface area (Å²) in [6, 6.07) is 10.4. The predicted octanol–water partition coefficient (Wildman–Crippen LogP) is 3.96. The quantitative estimate of drug-likeness (QED) is 0.283. The lowest BCUT2D eigenvalue weighted by Gasteiger charge is -2.41. The predicted molar refractivity (Wildman–Crippen MR) is 171 cm³/mol. The Morgan fingerprint density at radius 1 is 1.00 bits per heavy atom. The molecule has 2 bridgehead atoms. The molecule has 230 valence electrons. The molecular formula is C34H37N9O2. The average Bonchev–Trinajstić information content (AvgIpc) is 3.41. The van der Waals surface area contributed by atoms with Gasteiger partial charge < -0.3 is 29.4 Å². The number of nitrogens with two attached hydrogens (primary N) is 1. The Balaban J connectivity index is 1.15. The van der Waals surface area contributed by atoms with E-state index in [1.165, 1.54) is 12.8 Å². The number of hydrogen-bond acceptors (Lipinski definition) is 8. The summed E-state index contributed by atoms with van der Waals surface area (Å²) in [7, 11) is 1.68. The normalized spacial score (nSPS) is 22.9. The number of likely N-dealkylation sites (tertiary alicyclic amines) is 1. The molecule has 4 aliphatic rings. The number of anilines is 1. The van der Waals surface area contributed by atoms with Gasteiger partial charge in [0.25, 0.3) is 5.91 Å². The number of rotatable bonds is 8. The van der Waals surface area contributed by atoms with Crippen LogP contribution < -0.4 is 15.4 Å². The van der Waals surface area contributed by atoms with Crippen LogP contribution in [-0.4, -0.2) is 78.7 Å². The van der Waals surface area contributed by atoms with Crippen LogP contribution in [0.1, 0.15) is 36.0 Å². The minimum absolute atomic E-state index is 0.0145. The highest BCUT2D eigenvalue weighted by Gasteiger charge is 2.47. The smallest absolute Gasteiger partial charge is 0.254 e. The summed E-state index contributed by atoms with van der Waals surface area (Å²) >= 11 is 0. The molecule has 2 aliphatic carbocycles. The molecule has 1 amide bonds. The van der Waals surface area contributed by atoms with Gasteiger partial charge in [-0.15, -0.1) is 0 Å². The maximum absolute atomic E-state index is 13.9. The molecule has 4 fully saturated rings. The van der Waals surface area contributed by atoms with E-state index in [1.54, 1.807) is 13.4 Å². The zero-order valence-corrected chi connectivity index (χ0v) is 25.4. The van der Waals surface area contributed by atoms with Gasteiger partial charge in [0, 0.05) is 67.9 Å². The third-order valence-corrected chi connectivity index (χ3v) is 10.5. The second kappa shape index (κ2) is 10.3. The molecular weight excluding hydrogens is 566 g/mol. The molecule has 6 heterocycles. The first-order valence-electron chi connectivity index (χ1n) is 16.1. The fourth-order valence-electron chi connectivity index (χ4n) is 7.95. The van der Waals surface area contributed by atoms with E-state index in [0.717, 1.165) is 84.8 Å². The van der Waals surface area contributed by atoms with Crippen molar-refractivity contribution >= 4 is 33.7 Å². The Labute approximate surface area is 261 Å². The first-order valence-corrected chi connectivity index (χ1v) is 16.1. The second-order valence-corrected chi connectivity index (χ2v) is 13.4. The lowest BCUT2D eigenvalue weighted by molar-refractivity contribution is 0.0700. The number of methoxy groups -OCH3 is 1. The van der Waals surface area contributed by atoms with E-state index in [1.807, 2.05) is 41.7 Å². The van der Waals surface area contributed by atoms with Gasteiger partial charge in [0.05, 0.1) is 36.4 Å². The van der Waals surface area contributed by atoms with Crippen molar-refractivity contribution in [3.05, 3.63) is 60.8 Å². The average molecular weight is 604 g/mol. The second-order valence-electron chi connectivity index (χ2n) is 13.4. The van der Waals surface area contributed by atoms with E-state index < -0.39 is 0 Å². The molecule has 2 unspecified atom stereocenters. The number of amides is 1. The maximum atomic E-state index is 13.9. The maximum Gasteiger partial charge on any atom is 0.254 e. The third-order valence-electron chi connectivity index (χ3n) is 10.5. The van der Waals surface area contributed by atoms with Crippen molar-refractivity contribution in [2.45, 2.75) is 50.9 Å². The van der Waals surface area contributed by atoms with Crippen LogP contribution in [0.3, 0.4) is 0 Å². The molecule has 9 rings (SSSR count). The molecule has 5 aromatic rings. The van der Waals surface area contributed by atoms with Gasteiger partial charge in [-0.1, -0.05) is 0 Å². The summed E-state index contributed by atoms with van der Waals surface area (Å²) in [5.74, 6) is 3.01. The molecule has 2 saturated heterocycles. The molecule has 11 nitrogen and oxygen atoms in total. The first-order chi connectivity index (χ1) is 22.1. The monoisotopic (exact) mass is 603 g/mol. The zero-order chi connectivity index (χ0) is 30.2. The molecule has 0 spiro atoms. The lowest BCUT2D eigenvalue weighted by Crippen LogP contribution is -2.48. The third kappa shape index (κ3) is 4.39. The van der Waals surface area contributed by atoms with Gasteiger partial charge in [0.2, 0.25) is 0 Å². The van der Waals surface area contributed by atoms with E-state index in [0.29, 0.717) is 29.1 Å². The fourth-order valence-corrected chi connectivity index (χ4v) is 7.95. The van der Waals surface area contributed by atoms with Crippen LogP contribution in [0.15, 0.2) is 55.2 Å². The largest absolute Gasteiger partial charge is 0.494 e. The molecule has 45 heavy (non-hydrogen) atoms. The van der Waals surface area contributed by atoms with Gasteiger partial charge in [0.1, 0.15) is 23.2 Å².